The number of hydrogen-bond acceptors (Lipinski definition) is 7. The molecule has 0 spiro atoms. The van der Waals surface area contributed by atoms with Gasteiger partial charge in [0.05, 0.1) is 18.7 Å². The van der Waals surface area contributed by atoms with Crippen LogP contribution in [0, 0.1) is 0 Å². The van der Waals surface area contributed by atoms with Crippen molar-refractivity contribution in [2.45, 2.75) is 30.2 Å². The maximum absolute atomic E-state index is 13.1. The third kappa shape index (κ3) is 7.38. The molecule has 0 bridgehead atoms. The number of anilines is 1. The highest BCUT2D eigenvalue weighted by Crippen LogP contribution is 2.34. The quantitative estimate of drug-likeness (QED) is 0.189. The van der Waals surface area contributed by atoms with E-state index >= 15 is 0 Å². The molecule has 8 nitrogen and oxygen atoms in total. The second-order valence-corrected chi connectivity index (χ2v) is 8.93. The molecule has 2 amide bonds. The Bertz CT molecular complexity index is 1090. The Hall–Kier alpha value is -3.27. The number of benzene rings is 1. The highest BCUT2D eigenvalue weighted by molar-refractivity contribution is 7.99. The van der Waals surface area contributed by atoms with Crippen LogP contribution in [0.25, 0.3) is 0 Å². The van der Waals surface area contributed by atoms with Gasteiger partial charge in [0.15, 0.2) is 0 Å². The molecule has 0 aliphatic carbocycles. The van der Waals surface area contributed by atoms with Gasteiger partial charge in [-0.15, -0.1) is 0 Å². The summed E-state index contributed by atoms with van der Waals surface area (Å²) >= 11 is 1.27. The van der Waals surface area contributed by atoms with Crippen molar-refractivity contribution in [1.29, 1.82) is 0 Å². The summed E-state index contributed by atoms with van der Waals surface area (Å²) in [6.45, 7) is 4.53. The predicted octanol–water partition coefficient (Wildman–Crippen LogP) is 3.34. The molecule has 2 heterocycles. The smallest absolute Gasteiger partial charge is 0.258 e. The van der Waals surface area contributed by atoms with Crippen molar-refractivity contribution < 1.29 is 14.7 Å². The number of thioether (sulfide) groups is 1. The topological polar surface area (TPSA) is 116 Å². The number of aromatic nitrogens is 2. The van der Waals surface area contributed by atoms with Crippen molar-refractivity contribution in [2.75, 3.05) is 25.0 Å². The fraction of sp³-hybridized carbons (Fsp3) is 0.280. The predicted molar refractivity (Wildman–Crippen MR) is 134 cm³/mol. The molecule has 9 heteroatoms. The number of pyridine rings is 2. The number of carbonyl (C=O) groups is 2. The fourth-order valence-corrected chi connectivity index (χ4v) is 4.26. The van der Waals surface area contributed by atoms with Gasteiger partial charge >= 0.3 is 0 Å². The molecule has 0 aliphatic rings. The van der Waals surface area contributed by atoms with E-state index in [9.17, 15) is 9.59 Å². The lowest BCUT2D eigenvalue weighted by Gasteiger charge is -2.20. The average Bonchev–Trinajstić information content (AvgIpc) is 2.85. The van der Waals surface area contributed by atoms with E-state index in [4.69, 9.17) is 5.11 Å². The molecule has 178 valence electrons. The molecule has 0 saturated heterocycles. The minimum Gasteiger partial charge on any atom is -0.395 e. The van der Waals surface area contributed by atoms with E-state index in [0.717, 1.165) is 11.1 Å². The molecule has 3 rings (SSSR count). The van der Waals surface area contributed by atoms with Gasteiger partial charge in [-0.05, 0) is 53.4 Å². The zero-order chi connectivity index (χ0) is 24.3. The van der Waals surface area contributed by atoms with Crippen LogP contribution in [-0.4, -0.2) is 46.6 Å². The monoisotopic (exact) mass is 479 g/mol. The Balaban J connectivity index is 1.80. The lowest BCUT2D eigenvalue weighted by atomic mass is 10.0. The Morgan fingerprint density at radius 3 is 2.56 bits per heavy atom. The van der Waals surface area contributed by atoms with E-state index in [1.54, 1.807) is 42.9 Å². The van der Waals surface area contributed by atoms with Crippen LogP contribution in [0.3, 0.4) is 0 Å². The van der Waals surface area contributed by atoms with Crippen LogP contribution in [0.4, 0.5) is 5.69 Å². The number of nitrogens with zero attached hydrogens (tertiary/aromatic N) is 2. The summed E-state index contributed by atoms with van der Waals surface area (Å²) in [5, 5.41) is 17.7. The van der Waals surface area contributed by atoms with E-state index in [-0.39, 0.29) is 25.0 Å². The van der Waals surface area contributed by atoms with Gasteiger partial charge < -0.3 is 21.1 Å². The largest absolute Gasteiger partial charge is 0.395 e. The van der Waals surface area contributed by atoms with Crippen molar-refractivity contribution in [3.05, 3.63) is 83.8 Å². The molecular formula is C25H29N5O3S. The summed E-state index contributed by atoms with van der Waals surface area (Å²) in [6, 6.07) is 14.8. The number of amides is 2. The van der Waals surface area contributed by atoms with Gasteiger partial charge in [-0.1, -0.05) is 37.7 Å². The first-order chi connectivity index (χ1) is 16.5. The Kier molecular flexibility index (Phi) is 9.57. The molecule has 1 aromatic carbocycles. The Morgan fingerprint density at radius 2 is 1.82 bits per heavy atom. The molecule has 4 N–H and O–H groups in total. The van der Waals surface area contributed by atoms with Crippen molar-refractivity contribution >= 4 is 29.3 Å². The molecule has 1 atom stereocenters. The molecule has 1 unspecified atom stereocenters. The normalized spacial score (nSPS) is 11.8. The first-order valence-corrected chi connectivity index (χ1v) is 11.9. The molecule has 3 aromatic rings. The number of carbonyl (C=O) groups excluding carboxylic acids is 2. The minimum atomic E-state index is -0.489. The highest BCUT2D eigenvalue weighted by atomic mass is 32.2. The Morgan fingerprint density at radius 1 is 1.03 bits per heavy atom. The highest BCUT2D eigenvalue weighted by Gasteiger charge is 2.21. The summed E-state index contributed by atoms with van der Waals surface area (Å²) in [4.78, 5) is 34.1. The van der Waals surface area contributed by atoms with Crippen LogP contribution in [0.5, 0.6) is 0 Å². The Labute approximate surface area is 203 Å². The first kappa shape index (κ1) is 25.4. The fourth-order valence-electron chi connectivity index (χ4n) is 3.14. The van der Waals surface area contributed by atoms with E-state index in [2.05, 4.69) is 39.8 Å². The summed E-state index contributed by atoms with van der Waals surface area (Å²) < 4.78 is 0. The van der Waals surface area contributed by atoms with Gasteiger partial charge in [0, 0.05) is 30.8 Å². The summed E-state index contributed by atoms with van der Waals surface area (Å²) in [5.74, 6) is -0.172. The lowest BCUT2D eigenvalue weighted by molar-refractivity contribution is -0.120. The maximum Gasteiger partial charge on any atom is 0.258 e. The summed E-state index contributed by atoms with van der Waals surface area (Å²) in [6.07, 6.45) is 4.91. The number of rotatable bonds is 11. The molecule has 34 heavy (non-hydrogen) atoms. The summed E-state index contributed by atoms with van der Waals surface area (Å²) in [7, 11) is 0. The molecule has 0 aliphatic heterocycles. The van der Waals surface area contributed by atoms with Gasteiger partial charge in [-0.25, -0.2) is 4.98 Å². The van der Waals surface area contributed by atoms with Crippen LogP contribution >= 0.6 is 11.8 Å². The average molecular weight is 480 g/mol. The molecule has 0 fully saturated rings. The van der Waals surface area contributed by atoms with Crippen LogP contribution in [0.15, 0.2) is 72.1 Å². The van der Waals surface area contributed by atoms with E-state index < -0.39 is 5.37 Å². The molecular weight excluding hydrogens is 450 g/mol. The van der Waals surface area contributed by atoms with Crippen molar-refractivity contribution in [3.63, 3.8) is 0 Å². The zero-order valence-electron chi connectivity index (χ0n) is 19.2. The number of hydrogen-bond donors (Lipinski definition) is 4. The maximum atomic E-state index is 13.1. The van der Waals surface area contributed by atoms with Crippen LogP contribution < -0.4 is 16.0 Å². The number of nitrogens with one attached hydrogen (secondary N) is 3. The van der Waals surface area contributed by atoms with Gasteiger partial charge in [0.2, 0.25) is 5.91 Å². The lowest BCUT2D eigenvalue weighted by Crippen LogP contribution is -2.36. The van der Waals surface area contributed by atoms with Crippen LogP contribution in [-0.2, 0) is 4.79 Å². The number of aliphatic hydroxyl groups is 1. The third-order valence-corrected chi connectivity index (χ3v) is 6.11. The SMILES string of the molecule is CC(C)c1cccc(NC(=O)c2cccnc2SC(NC(=O)CNCCO)c2ccncc2)c1. The zero-order valence-corrected chi connectivity index (χ0v) is 20.0. The van der Waals surface area contributed by atoms with Gasteiger partial charge in [-0.2, -0.15) is 0 Å². The third-order valence-electron chi connectivity index (χ3n) is 4.93. The van der Waals surface area contributed by atoms with E-state index in [1.807, 2.05) is 24.3 Å². The van der Waals surface area contributed by atoms with Crippen molar-refractivity contribution in [1.82, 2.24) is 20.6 Å². The minimum absolute atomic E-state index is 0.0533. The van der Waals surface area contributed by atoms with E-state index in [0.29, 0.717) is 28.7 Å². The first-order valence-electron chi connectivity index (χ1n) is 11.0. The second kappa shape index (κ2) is 12.8. The summed E-state index contributed by atoms with van der Waals surface area (Å²) in [5.41, 5.74) is 3.07. The van der Waals surface area contributed by atoms with E-state index in [1.165, 1.54) is 11.8 Å². The second-order valence-electron chi connectivity index (χ2n) is 7.84. The molecule has 2 aromatic heterocycles. The van der Waals surface area contributed by atoms with Gasteiger partial charge in [-0.3, -0.25) is 14.6 Å². The van der Waals surface area contributed by atoms with Gasteiger partial charge in [0.1, 0.15) is 10.4 Å². The van der Waals surface area contributed by atoms with Crippen molar-refractivity contribution in [3.8, 4) is 0 Å². The molecule has 0 radical (unpaired) electrons. The standard InChI is InChI=1S/C25H29N5O3S/c1-17(2)19-5-3-6-20(15-19)29-23(33)21-7-4-10-28-25(21)34-24(18-8-11-26-12-9-18)30-22(32)16-27-13-14-31/h3-12,15,17,24,27,31H,13-14,16H2,1-2H3,(H,29,33)(H,30,32). The van der Waals surface area contributed by atoms with Gasteiger partial charge in [0.25, 0.3) is 5.91 Å². The molecule has 0 saturated carbocycles. The number of aliphatic hydroxyl groups excluding tert-OH is 1. The van der Waals surface area contributed by atoms with Crippen molar-refractivity contribution in [2.24, 2.45) is 0 Å². The van der Waals surface area contributed by atoms with Crippen LogP contribution in [0.1, 0.15) is 46.6 Å². The van der Waals surface area contributed by atoms with Crippen LogP contribution in [0.2, 0.25) is 0 Å².